The average molecular weight is 248 g/mol. The molecule has 0 aliphatic rings. The van der Waals surface area contributed by atoms with E-state index >= 15 is 0 Å². The second-order valence-corrected chi connectivity index (χ2v) is 4.25. The van der Waals surface area contributed by atoms with Crippen molar-refractivity contribution in [3.05, 3.63) is 35.4 Å². The van der Waals surface area contributed by atoms with Gasteiger partial charge in [0, 0.05) is 18.4 Å². The van der Waals surface area contributed by atoms with E-state index in [9.17, 15) is 9.59 Å². The lowest BCUT2D eigenvalue weighted by atomic mass is 10.0. The van der Waals surface area contributed by atoms with Crippen LogP contribution in [0.15, 0.2) is 24.3 Å². The van der Waals surface area contributed by atoms with E-state index in [2.05, 4.69) is 0 Å². The Morgan fingerprint density at radius 2 is 1.78 bits per heavy atom. The highest BCUT2D eigenvalue weighted by Crippen LogP contribution is 2.12. The van der Waals surface area contributed by atoms with E-state index in [1.807, 2.05) is 31.2 Å². The first-order valence-corrected chi connectivity index (χ1v) is 6.39. The SMILES string of the molecule is CCOC(=O)CCCCC(=O)c1ccccc1C. The van der Waals surface area contributed by atoms with Gasteiger partial charge in [0.15, 0.2) is 5.78 Å². The molecule has 1 aromatic rings. The number of hydrogen-bond acceptors (Lipinski definition) is 3. The van der Waals surface area contributed by atoms with Gasteiger partial charge >= 0.3 is 5.97 Å². The van der Waals surface area contributed by atoms with Gasteiger partial charge in [-0.25, -0.2) is 0 Å². The third kappa shape index (κ3) is 4.70. The second-order valence-electron chi connectivity index (χ2n) is 4.25. The first-order chi connectivity index (χ1) is 8.65. The van der Waals surface area contributed by atoms with Crippen molar-refractivity contribution in [1.82, 2.24) is 0 Å². The summed E-state index contributed by atoms with van der Waals surface area (Å²) in [4.78, 5) is 23.0. The van der Waals surface area contributed by atoms with Crippen LogP contribution < -0.4 is 0 Å². The lowest BCUT2D eigenvalue weighted by Gasteiger charge is -2.04. The van der Waals surface area contributed by atoms with Gasteiger partial charge in [0.2, 0.25) is 0 Å². The molecule has 3 nitrogen and oxygen atoms in total. The molecule has 3 heteroatoms. The van der Waals surface area contributed by atoms with E-state index in [1.54, 1.807) is 6.92 Å². The number of Topliss-reactive ketones (excluding diaryl/α,β-unsaturated/α-hetero) is 1. The zero-order valence-corrected chi connectivity index (χ0v) is 11.1. The Bertz CT molecular complexity index is 410. The predicted molar refractivity (Wildman–Crippen MR) is 70.6 cm³/mol. The number of rotatable bonds is 7. The number of carbonyl (C=O) groups is 2. The standard InChI is InChI=1S/C15H20O3/c1-3-18-15(17)11-7-6-10-14(16)13-9-5-4-8-12(13)2/h4-5,8-9H,3,6-7,10-11H2,1-2H3. The summed E-state index contributed by atoms with van der Waals surface area (Å²) in [5.41, 5.74) is 1.79. The molecule has 0 aliphatic carbocycles. The zero-order chi connectivity index (χ0) is 13.4. The van der Waals surface area contributed by atoms with E-state index in [0.717, 1.165) is 17.5 Å². The van der Waals surface area contributed by atoms with Gasteiger partial charge in [-0.2, -0.15) is 0 Å². The van der Waals surface area contributed by atoms with Crippen LogP contribution in [-0.2, 0) is 9.53 Å². The summed E-state index contributed by atoms with van der Waals surface area (Å²) < 4.78 is 4.83. The number of esters is 1. The van der Waals surface area contributed by atoms with E-state index in [-0.39, 0.29) is 11.8 Å². The number of unbranched alkanes of at least 4 members (excludes halogenated alkanes) is 1. The van der Waals surface area contributed by atoms with Crippen molar-refractivity contribution in [2.24, 2.45) is 0 Å². The highest BCUT2D eigenvalue weighted by molar-refractivity contribution is 5.97. The highest BCUT2D eigenvalue weighted by atomic mass is 16.5. The maximum absolute atomic E-state index is 11.9. The maximum Gasteiger partial charge on any atom is 0.305 e. The highest BCUT2D eigenvalue weighted by Gasteiger charge is 2.08. The summed E-state index contributed by atoms with van der Waals surface area (Å²) in [5, 5.41) is 0. The smallest absolute Gasteiger partial charge is 0.305 e. The van der Waals surface area contributed by atoms with Gasteiger partial charge in [-0.05, 0) is 32.3 Å². The van der Waals surface area contributed by atoms with Crippen molar-refractivity contribution in [3.8, 4) is 0 Å². The van der Waals surface area contributed by atoms with E-state index in [0.29, 0.717) is 25.9 Å². The normalized spacial score (nSPS) is 10.1. The molecule has 0 bridgehead atoms. The molecule has 0 atom stereocenters. The number of ketones is 1. The monoisotopic (exact) mass is 248 g/mol. The van der Waals surface area contributed by atoms with Crippen LogP contribution in [0.25, 0.3) is 0 Å². The summed E-state index contributed by atoms with van der Waals surface area (Å²) in [6.07, 6.45) is 2.32. The van der Waals surface area contributed by atoms with Gasteiger partial charge < -0.3 is 4.74 Å². The summed E-state index contributed by atoms with van der Waals surface area (Å²) >= 11 is 0. The molecule has 0 spiro atoms. The number of ether oxygens (including phenoxy) is 1. The van der Waals surface area contributed by atoms with Crippen LogP contribution in [0, 0.1) is 6.92 Å². The lowest BCUT2D eigenvalue weighted by molar-refractivity contribution is -0.143. The Labute approximate surface area is 108 Å². The Balaban J connectivity index is 2.30. The summed E-state index contributed by atoms with van der Waals surface area (Å²) in [6.45, 7) is 4.15. The van der Waals surface area contributed by atoms with Crippen LogP contribution in [0.5, 0.6) is 0 Å². The molecule has 0 aromatic heterocycles. The molecule has 0 saturated carbocycles. The first-order valence-electron chi connectivity index (χ1n) is 6.39. The predicted octanol–water partition coefficient (Wildman–Crippen LogP) is 3.30. The molecule has 1 rings (SSSR count). The minimum Gasteiger partial charge on any atom is -0.466 e. The fourth-order valence-corrected chi connectivity index (χ4v) is 1.81. The fraction of sp³-hybridized carbons (Fsp3) is 0.467. The van der Waals surface area contributed by atoms with Crippen molar-refractivity contribution in [2.45, 2.75) is 39.5 Å². The van der Waals surface area contributed by atoms with Crippen LogP contribution in [0.3, 0.4) is 0 Å². The summed E-state index contributed by atoms with van der Waals surface area (Å²) in [6, 6.07) is 7.58. The maximum atomic E-state index is 11.9. The minimum atomic E-state index is -0.180. The molecule has 1 aromatic carbocycles. The van der Waals surface area contributed by atoms with Crippen molar-refractivity contribution >= 4 is 11.8 Å². The topological polar surface area (TPSA) is 43.4 Å². The quantitative estimate of drug-likeness (QED) is 0.422. The Hall–Kier alpha value is -1.64. The molecule has 98 valence electrons. The third-order valence-electron chi connectivity index (χ3n) is 2.79. The van der Waals surface area contributed by atoms with Crippen LogP contribution >= 0.6 is 0 Å². The van der Waals surface area contributed by atoms with Gasteiger partial charge in [-0.15, -0.1) is 0 Å². The molecule has 18 heavy (non-hydrogen) atoms. The summed E-state index contributed by atoms with van der Waals surface area (Å²) in [7, 11) is 0. The first kappa shape index (κ1) is 14.4. The number of hydrogen-bond donors (Lipinski definition) is 0. The molecule has 0 N–H and O–H groups in total. The van der Waals surface area contributed by atoms with Gasteiger partial charge in [0.1, 0.15) is 0 Å². The van der Waals surface area contributed by atoms with Crippen molar-refractivity contribution in [2.75, 3.05) is 6.61 Å². The number of carbonyl (C=O) groups excluding carboxylic acids is 2. The van der Waals surface area contributed by atoms with Gasteiger partial charge in [0.25, 0.3) is 0 Å². The Morgan fingerprint density at radius 3 is 2.44 bits per heavy atom. The lowest BCUT2D eigenvalue weighted by Crippen LogP contribution is -2.05. The molecule has 0 radical (unpaired) electrons. The van der Waals surface area contributed by atoms with Crippen LogP contribution in [0.1, 0.15) is 48.5 Å². The van der Waals surface area contributed by atoms with E-state index in [1.165, 1.54) is 0 Å². The van der Waals surface area contributed by atoms with Crippen LogP contribution in [-0.4, -0.2) is 18.4 Å². The van der Waals surface area contributed by atoms with Crippen LogP contribution in [0.4, 0.5) is 0 Å². The van der Waals surface area contributed by atoms with Crippen molar-refractivity contribution in [3.63, 3.8) is 0 Å². The second kappa shape index (κ2) is 7.64. The molecular formula is C15H20O3. The number of aryl methyl sites for hydroxylation is 1. The molecule has 0 saturated heterocycles. The summed E-state index contributed by atoms with van der Waals surface area (Å²) in [5.74, 6) is -0.0298. The van der Waals surface area contributed by atoms with Crippen LogP contribution in [0.2, 0.25) is 0 Å². The van der Waals surface area contributed by atoms with Gasteiger partial charge in [-0.3, -0.25) is 9.59 Å². The molecule has 0 fully saturated rings. The van der Waals surface area contributed by atoms with E-state index in [4.69, 9.17) is 4.74 Å². The van der Waals surface area contributed by atoms with E-state index < -0.39 is 0 Å². The Morgan fingerprint density at radius 1 is 1.11 bits per heavy atom. The molecule has 0 aliphatic heterocycles. The minimum absolute atomic E-state index is 0.150. The molecule has 0 unspecified atom stereocenters. The molecule has 0 heterocycles. The van der Waals surface area contributed by atoms with Gasteiger partial charge in [0.05, 0.1) is 6.61 Å². The van der Waals surface area contributed by atoms with Gasteiger partial charge in [-0.1, -0.05) is 24.3 Å². The zero-order valence-electron chi connectivity index (χ0n) is 11.1. The Kier molecular flexibility index (Phi) is 6.12. The fourth-order valence-electron chi connectivity index (χ4n) is 1.81. The van der Waals surface area contributed by atoms with Crippen molar-refractivity contribution < 1.29 is 14.3 Å². The third-order valence-corrected chi connectivity index (χ3v) is 2.79. The van der Waals surface area contributed by atoms with Crippen molar-refractivity contribution in [1.29, 1.82) is 0 Å². The largest absolute Gasteiger partial charge is 0.466 e. The average Bonchev–Trinajstić information content (AvgIpc) is 2.35. The molecular weight excluding hydrogens is 228 g/mol. The molecule has 0 amide bonds. The number of benzene rings is 1.